The van der Waals surface area contributed by atoms with E-state index < -0.39 is 16.1 Å². The van der Waals surface area contributed by atoms with Crippen molar-refractivity contribution in [2.75, 3.05) is 31.3 Å². The fraction of sp³-hybridized carbons (Fsp3) is 0.263. The summed E-state index contributed by atoms with van der Waals surface area (Å²) in [6, 6.07) is 12.0. The Morgan fingerprint density at radius 1 is 1.03 bits per heavy atom. The number of carbonyl (C=O) groups is 2. The van der Waals surface area contributed by atoms with Crippen LogP contribution < -0.4 is 25.4 Å². The molecule has 156 valence electrons. The first-order valence-electron chi connectivity index (χ1n) is 8.80. The first-order valence-corrected chi connectivity index (χ1v) is 10.3. The molecule has 10 heteroatoms. The van der Waals surface area contributed by atoms with E-state index in [1.807, 2.05) is 0 Å². The van der Waals surface area contributed by atoms with Gasteiger partial charge in [-0.3, -0.25) is 9.59 Å². The highest BCUT2D eigenvalue weighted by atomic mass is 32.2. The third-order valence-electron chi connectivity index (χ3n) is 4.40. The summed E-state index contributed by atoms with van der Waals surface area (Å²) in [7, 11) is -0.489. The van der Waals surface area contributed by atoms with E-state index in [1.165, 1.54) is 24.3 Å². The predicted molar refractivity (Wildman–Crippen MR) is 109 cm³/mol. The van der Waals surface area contributed by atoms with Gasteiger partial charge in [-0.15, -0.1) is 0 Å². The van der Waals surface area contributed by atoms with E-state index in [4.69, 9.17) is 9.88 Å². The van der Waals surface area contributed by atoms with Crippen LogP contribution in [-0.4, -0.2) is 47.0 Å². The molecular formula is C19H25N4O5S+. The van der Waals surface area contributed by atoms with E-state index in [0.29, 0.717) is 22.0 Å². The van der Waals surface area contributed by atoms with E-state index in [2.05, 4.69) is 10.6 Å². The van der Waals surface area contributed by atoms with Crippen LogP contribution in [0.1, 0.15) is 6.92 Å². The molecule has 29 heavy (non-hydrogen) atoms. The van der Waals surface area contributed by atoms with Crippen LogP contribution in [0.2, 0.25) is 0 Å². The Morgan fingerprint density at radius 3 is 2.07 bits per heavy atom. The van der Waals surface area contributed by atoms with Crippen LogP contribution in [0.25, 0.3) is 0 Å². The fourth-order valence-corrected chi connectivity index (χ4v) is 3.00. The van der Waals surface area contributed by atoms with Crippen molar-refractivity contribution >= 4 is 33.2 Å². The average Bonchev–Trinajstić information content (AvgIpc) is 2.67. The standard InChI is InChI=1S/C19H24N4O5S/c1-13(19(25)22-15-6-10-17(11-7-15)29(20,26)27)23(2)12-18(24)21-14-4-8-16(28-3)9-5-14/h4-11,13H,12H2,1-3H3,(H,21,24)(H,22,25)(H2,20,26,27)/p+1/t13-/m0/s1. The van der Waals surface area contributed by atoms with E-state index in [9.17, 15) is 18.0 Å². The summed E-state index contributed by atoms with van der Waals surface area (Å²) < 4.78 is 27.6. The zero-order chi connectivity index (χ0) is 21.6. The number of primary sulfonamides is 1. The zero-order valence-electron chi connectivity index (χ0n) is 16.4. The Morgan fingerprint density at radius 2 is 1.55 bits per heavy atom. The van der Waals surface area contributed by atoms with Crippen LogP contribution in [0.15, 0.2) is 53.4 Å². The molecule has 2 amide bonds. The molecule has 0 aliphatic heterocycles. The maximum Gasteiger partial charge on any atom is 0.282 e. The van der Waals surface area contributed by atoms with Gasteiger partial charge in [0.25, 0.3) is 11.8 Å². The van der Waals surface area contributed by atoms with E-state index in [1.54, 1.807) is 45.3 Å². The van der Waals surface area contributed by atoms with Gasteiger partial charge in [-0.1, -0.05) is 0 Å². The molecule has 0 spiro atoms. The molecule has 2 atom stereocenters. The Hall–Kier alpha value is -2.95. The van der Waals surface area contributed by atoms with Gasteiger partial charge in [0.15, 0.2) is 12.6 Å². The van der Waals surface area contributed by atoms with Crippen LogP contribution in [-0.2, 0) is 19.6 Å². The van der Waals surface area contributed by atoms with Gasteiger partial charge in [0.05, 0.1) is 19.1 Å². The molecule has 2 aromatic rings. The van der Waals surface area contributed by atoms with E-state index >= 15 is 0 Å². The number of rotatable bonds is 8. The number of sulfonamides is 1. The largest absolute Gasteiger partial charge is 0.497 e. The minimum absolute atomic E-state index is 0.0403. The number of anilines is 2. The Labute approximate surface area is 169 Å². The second-order valence-corrected chi connectivity index (χ2v) is 8.14. The number of quaternary nitrogens is 1. The number of hydrogen-bond donors (Lipinski definition) is 4. The minimum atomic E-state index is -3.79. The van der Waals surface area contributed by atoms with Gasteiger partial charge in [0, 0.05) is 11.4 Å². The van der Waals surface area contributed by atoms with Crippen LogP contribution in [0.3, 0.4) is 0 Å². The molecule has 0 heterocycles. The second-order valence-electron chi connectivity index (χ2n) is 6.58. The summed E-state index contributed by atoms with van der Waals surface area (Å²) in [5.74, 6) is 0.154. The Bertz CT molecular complexity index is 959. The number of benzene rings is 2. The van der Waals surface area contributed by atoms with Gasteiger partial charge in [-0.05, 0) is 55.5 Å². The molecule has 0 aliphatic rings. The van der Waals surface area contributed by atoms with Crippen LogP contribution in [0.5, 0.6) is 5.75 Å². The summed E-state index contributed by atoms with van der Waals surface area (Å²) in [5.41, 5.74) is 1.07. The predicted octanol–water partition coefficient (Wildman–Crippen LogP) is -0.177. The highest BCUT2D eigenvalue weighted by Crippen LogP contribution is 2.15. The molecule has 0 saturated carbocycles. The quantitative estimate of drug-likeness (QED) is 0.470. The van der Waals surface area contributed by atoms with Gasteiger partial charge in [-0.2, -0.15) is 0 Å². The number of carbonyl (C=O) groups excluding carboxylic acids is 2. The van der Waals surface area contributed by atoms with Crippen molar-refractivity contribution in [2.24, 2.45) is 5.14 Å². The van der Waals surface area contributed by atoms with Gasteiger partial charge in [0.1, 0.15) is 5.75 Å². The summed E-state index contributed by atoms with van der Waals surface area (Å²) in [6.45, 7) is 1.79. The lowest BCUT2D eigenvalue weighted by Crippen LogP contribution is -3.14. The van der Waals surface area contributed by atoms with Crippen LogP contribution >= 0.6 is 0 Å². The Balaban J connectivity index is 1.90. The molecule has 0 bridgehead atoms. The molecule has 1 unspecified atom stereocenters. The number of methoxy groups -OCH3 is 1. The molecule has 0 aromatic heterocycles. The van der Waals surface area contributed by atoms with E-state index in [-0.39, 0.29) is 23.3 Å². The maximum atomic E-state index is 12.4. The molecule has 0 radical (unpaired) electrons. The smallest absolute Gasteiger partial charge is 0.282 e. The van der Waals surface area contributed by atoms with Gasteiger partial charge >= 0.3 is 0 Å². The SMILES string of the molecule is COc1ccc(NC(=O)C[NH+](C)[C@@H](C)C(=O)Nc2ccc(S(N)(=O)=O)cc2)cc1. The maximum absolute atomic E-state index is 12.4. The molecule has 0 saturated heterocycles. The number of nitrogens with two attached hydrogens (primary N) is 1. The lowest BCUT2D eigenvalue weighted by atomic mass is 10.2. The van der Waals surface area contributed by atoms with E-state index in [0.717, 1.165) is 0 Å². The number of likely N-dealkylation sites (N-methyl/N-ethyl adjacent to an activating group) is 1. The topological polar surface area (TPSA) is 132 Å². The van der Waals surface area contributed by atoms with Crippen molar-refractivity contribution in [3.8, 4) is 5.75 Å². The number of amides is 2. The molecule has 2 rings (SSSR count). The molecule has 0 fully saturated rings. The van der Waals surface area contributed by atoms with Crippen molar-refractivity contribution in [1.29, 1.82) is 0 Å². The summed E-state index contributed by atoms with van der Waals surface area (Å²) in [6.07, 6.45) is 0. The van der Waals surface area contributed by atoms with Crippen LogP contribution in [0.4, 0.5) is 11.4 Å². The highest BCUT2D eigenvalue weighted by Gasteiger charge is 2.24. The molecule has 9 nitrogen and oxygen atoms in total. The summed E-state index contributed by atoms with van der Waals surface area (Å²) in [5, 5.41) is 10.5. The first kappa shape index (κ1) is 22.3. The molecule has 5 N–H and O–H groups in total. The average molecular weight is 421 g/mol. The molecular weight excluding hydrogens is 396 g/mol. The minimum Gasteiger partial charge on any atom is -0.497 e. The lowest BCUT2D eigenvalue weighted by molar-refractivity contribution is -0.885. The molecule has 0 aliphatic carbocycles. The Kier molecular flexibility index (Phi) is 7.32. The summed E-state index contributed by atoms with van der Waals surface area (Å²) in [4.78, 5) is 25.3. The number of hydrogen-bond acceptors (Lipinski definition) is 5. The first-order chi connectivity index (χ1) is 13.6. The number of nitrogens with one attached hydrogen (secondary N) is 3. The van der Waals surface area contributed by atoms with Crippen molar-refractivity contribution in [3.05, 3.63) is 48.5 Å². The number of ether oxygens (including phenoxy) is 1. The van der Waals surface area contributed by atoms with Crippen molar-refractivity contribution in [3.63, 3.8) is 0 Å². The lowest BCUT2D eigenvalue weighted by Gasteiger charge is -2.20. The summed E-state index contributed by atoms with van der Waals surface area (Å²) >= 11 is 0. The molecule has 2 aromatic carbocycles. The fourth-order valence-electron chi connectivity index (χ4n) is 2.49. The van der Waals surface area contributed by atoms with Crippen molar-refractivity contribution < 1.29 is 27.6 Å². The van der Waals surface area contributed by atoms with Gasteiger partial charge in [-0.25, -0.2) is 13.6 Å². The van der Waals surface area contributed by atoms with Crippen molar-refractivity contribution in [1.82, 2.24) is 0 Å². The van der Waals surface area contributed by atoms with Gasteiger partial charge in [0.2, 0.25) is 10.0 Å². The van der Waals surface area contributed by atoms with Crippen LogP contribution in [0, 0.1) is 0 Å². The van der Waals surface area contributed by atoms with Gasteiger partial charge < -0.3 is 20.3 Å². The zero-order valence-corrected chi connectivity index (χ0v) is 17.2. The highest BCUT2D eigenvalue weighted by molar-refractivity contribution is 7.89. The monoisotopic (exact) mass is 421 g/mol. The normalized spacial score (nSPS) is 13.2. The third-order valence-corrected chi connectivity index (χ3v) is 5.33. The second kappa shape index (κ2) is 9.50. The third kappa shape index (κ3) is 6.56. The van der Waals surface area contributed by atoms with Crippen molar-refractivity contribution in [2.45, 2.75) is 17.9 Å².